The van der Waals surface area contributed by atoms with Crippen molar-refractivity contribution in [1.29, 1.82) is 0 Å². The average molecular weight is 234 g/mol. The van der Waals surface area contributed by atoms with Crippen LogP contribution >= 0.6 is 0 Å². The molecule has 92 valence electrons. The molecular formula is C13H18N2O2. The fraction of sp³-hybridized carbons (Fsp3) is 0.385. The Balaban J connectivity index is 2.63. The van der Waals surface area contributed by atoms with Crippen molar-refractivity contribution in [2.45, 2.75) is 6.10 Å². The lowest BCUT2D eigenvalue weighted by molar-refractivity contribution is 0.179. The van der Waals surface area contributed by atoms with E-state index in [1.165, 1.54) is 0 Å². The first-order valence-electron chi connectivity index (χ1n) is 5.63. The van der Waals surface area contributed by atoms with Gasteiger partial charge >= 0.3 is 0 Å². The summed E-state index contributed by atoms with van der Waals surface area (Å²) in [6, 6.07) is 5.89. The van der Waals surface area contributed by atoms with Crippen molar-refractivity contribution in [2.75, 3.05) is 20.7 Å². The molecule has 2 rings (SSSR count). The van der Waals surface area contributed by atoms with E-state index in [-0.39, 0.29) is 0 Å². The number of aliphatic hydroxyl groups is 1. The van der Waals surface area contributed by atoms with Crippen LogP contribution in [0.2, 0.25) is 0 Å². The van der Waals surface area contributed by atoms with Gasteiger partial charge in [0.15, 0.2) is 0 Å². The molecule has 17 heavy (non-hydrogen) atoms. The number of benzene rings is 1. The number of hydrogen-bond acceptors (Lipinski definition) is 3. The van der Waals surface area contributed by atoms with Crippen LogP contribution in [0, 0.1) is 0 Å². The minimum Gasteiger partial charge on any atom is -0.496 e. The summed E-state index contributed by atoms with van der Waals surface area (Å²) >= 11 is 0. The van der Waals surface area contributed by atoms with Crippen LogP contribution < -0.4 is 10.1 Å². The van der Waals surface area contributed by atoms with Gasteiger partial charge in [0.05, 0.1) is 18.7 Å². The topological polar surface area (TPSA) is 46.4 Å². The van der Waals surface area contributed by atoms with Gasteiger partial charge in [-0.15, -0.1) is 0 Å². The monoisotopic (exact) mass is 234 g/mol. The number of methoxy groups -OCH3 is 1. The van der Waals surface area contributed by atoms with Crippen LogP contribution in [0.3, 0.4) is 0 Å². The van der Waals surface area contributed by atoms with E-state index in [4.69, 9.17) is 4.74 Å². The van der Waals surface area contributed by atoms with Crippen molar-refractivity contribution in [2.24, 2.45) is 7.05 Å². The van der Waals surface area contributed by atoms with Crippen molar-refractivity contribution in [1.82, 2.24) is 9.88 Å². The number of fused-ring (bicyclic) bond motifs is 1. The van der Waals surface area contributed by atoms with E-state index in [2.05, 4.69) is 5.32 Å². The third kappa shape index (κ3) is 2.01. The molecule has 1 unspecified atom stereocenters. The van der Waals surface area contributed by atoms with Gasteiger partial charge in [-0.25, -0.2) is 0 Å². The van der Waals surface area contributed by atoms with E-state index in [0.717, 1.165) is 22.2 Å². The Morgan fingerprint density at radius 3 is 2.88 bits per heavy atom. The van der Waals surface area contributed by atoms with Gasteiger partial charge in [-0.2, -0.15) is 0 Å². The molecular weight excluding hydrogens is 216 g/mol. The van der Waals surface area contributed by atoms with Gasteiger partial charge in [0.25, 0.3) is 0 Å². The number of hydrogen-bond donors (Lipinski definition) is 2. The van der Waals surface area contributed by atoms with Crippen molar-refractivity contribution in [3.63, 3.8) is 0 Å². The maximum absolute atomic E-state index is 10.1. The Kier molecular flexibility index (Phi) is 3.36. The molecule has 2 N–H and O–H groups in total. The second-order valence-corrected chi connectivity index (χ2v) is 4.12. The summed E-state index contributed by atoms with van der Waals surface area (Å²) in [6.45, 7) is 0.525. The highest BCUT2D eigenvalue weighted by molar-refractivity contribution is 5.90. The number of aromatic nitrogens is 1. The molecule has 1 heterocycles. The fourth-order valence-electron chi connectivity index (χ4n) is 2.17. The van der Waals surface area contributed by atoms with Crippen LogP contribution in [-0.4, -0.2) is 30.4 Å². The van der Waals surface area contributed by atoms with Gasteiger partial charge in [-0.05, 0) is 19.2 Å². The van der Waals surface area contributed by atoms with Crippen LogP contribution in [0.5, 0.6) is 5.75 Å². The first kappa shape index (κ1) is 12.0. The Morgan fingerprint density at radius 2 is 2.24 bits per heavy atom. The van der Waals surface area contributed by atoms with Gasteiger partial charge in [-0.3, -0.25) is 0 Å². The minimum atomic E-state index is -0.528. The van der Waals surface area contributed by atoms with Gasteiger partial charge in [0.1, 0.15) is 5.75 Å². The molecule has 4 nitrogen and oxygen atoms in total. The number of aliphatic hydroxyl groups excluding tert-OH is 1. The maximum atomic E-state index is 10.1. The summed E-state index contributed by atoms with van der Waals surface area (Å²) in [5.41, 5.74) is 1.96. The highest BCUT2D eigenvalue weighted by atomic mass is 16.5. The average Bonchev–Trinajstić information content (AvgIpc) is 2.67. The Bertz CT molecular complexity index is 519. The quantitative estimate of drug-likeness (QED) is 0.841. The number of ether oxygens (including phenoxy) is 1. The molecule has 0 saturated heterocycles. The van der Waals surface area contributed by atoms with Crippen molar-refractivity contribution in [3.8, 4) is 5.75 Å². The van der Waals surface area contributed by atoms with E-state index in [0.29, 0.717) is 6.54 Å². The van der Waals surface area contributed by atoms with Crippen LogP contribution in [0.1, 0.15) is 11.7 Å². The van der Waals surface area contributed by atoms with Crippen molar-refractivity contribution in [3.05, 3.63) is 30.0 Å². The Morgan fingerprint density at radius 1 is 1.47 bits per heavy atom. The lowest BCUT2D eigenvalue weighted by Gasteiger charge is -2.10. The zero-order chi connectivity index (χ0) is 12.4. The van der Waals surface area contributed by atoms with Crippen LogP contribution in [0.25, 0.3) is 10.9 Å². The zero-order valence-corrected chi connectivity index (χ0v) is 10.4. The molecule has 4 heteroatoms. The third-order valence-electron chi connectivity index (χ3n) is 2.98. The van der Waals surface area contributed by atoms with E-state index >= 15 is 0 Å². The lowest BCUT2D eigenvalue weighted by Crippen LogP contribution is -2.16. The van der Waals surface area contributed by atoms with Crippen LogP contribution in [0.4, 0.5) is 0 Å². The molecule has 0 aliphatic heterocycles. The smallest absolute Gasteiger partial charge is 0.128 e. The number of likely N-dealkylation sites (N-methyl/N-ethyl adjacent to an activating group) is 1. The normalized spacial score (nSPS) is 12.9. The Labute approximate surface area is 101 Å². The van der Waals surface area contributed by atoms with E-state index < -0.39 is 6.10 Å². The number of aryl methyl sites for hydroxylation is 1. The van der Waals surface area contributed by atoms with E-state index in [1.54, 1.807) is 7.11 Å². The number of rotatable bonds is 4. The highest BCUT2D eigenvalue weighted by Crippen LogP contribution is 2.33. The molecule has 1 aromatic heterocycles. The van der Waals surface area contributed by atoms with E-state index in [9.17, 15) is 5.11 Å². The molecule has 2 aromatic rings. The van der Waals surface area contributed by atoms with Gasteiger partial charge in [0, 0.05) is 30.7 Å². The largest absolute Gasteiger partial charge is 0.496 e. The first-order valence-corrected chi connectivity index (χ1v) is 5.63. The molecule has 0 spiro atoms. The zero-order valence-electron chi connectivity index (χ0n) is 10.4. The summed E-state index contributed by atoms with van der Waals surface area (Å²) < 4.78 is 7.37. The highest BCUT2D eigenvalue weighted by Gasteiger charge is 2.17. The summed E-state index contributed by atoms with van der Waals surface area (Å²) in [6.07, 6.45) is 1.43. The molecule has 1 aromatic carbocycles. The predicted molar refractivity (Wildman–Crippen MR) is 68.4 cm³/mol. The molecule has 0 aliphatic carbocycles. The Hall–Kier alpha value is -1.52. The summed E-state index contributed by atoms with van der Waals surface area (Å²) in [4.78, 5) is 0. The predicted octanol–water partition coefficient (Wildman–Crippen LogP) is 1.44. The third-order valence-corrected chi connectivity index (χ3v) is 2.98. The molecule has 0 saturated carbocycles. The van der Waals surface area contributed by atoms with Crippen LogP contribution in [0.15, 0.2) is 24.4 Å². The van der Waals surface area contributed by atoms with Gasteiger partial charge < -0.3 is 19.7 Å². The molecule has 0 bridgehead atoms. The molecule has 0 fully saturated rings. The molecule has 1 atom stereocenters. The van der Waals surface area contributed by atoms with Crippen molar-refractivity contribution < 1.29 is 9.84 Å². The standard InChI is InChI=1S/C13H18N2O2/c1-14-7-11(16)9-8-15(2)10-5-4-6-12(17-3)13(9)10/h4-6,8,11,14,16H,7H2,1-3H3. The van der Waals surface area contributed by atoms with Gasteiger partial charge in [0.2, 0.25) is 0 Å². The fourth-order valence-corrected chi connectivity index (χ4v) is 2.17. The van der Waals surface area contributed by atoms with Crippen molar-refractivity contribution >= 4 is 10.9 Å². The summed E-state index contributed by atoms with van der Waals surface area (Å²) in [7, 11) is 5.44. The summed E-state index contributed by atoms with van der Waals surface area (Å²) in [5.74, 6) is 0.799. The second kappa shape index (κ2) is 4.77. The SMILES string of the molecule is CNCC(O)c1cn(C)c2cccc(OC)c12. The molecule has 0 aliphatic rings. The number of nitrogens with one attached hydrogen (secondary N) is 1. The van der Waals surface area contributed by atoms with Gasteiger partial charge in [-0.1, -0.05) is 6.07 Å². The first-order chi connectivity index (χ1) is 8.19. The maximum Gasteiger partial charge on any atom is 0.128 e. The molecule has 0 radical (unpaired) electrons. The van der Waals surface area contributed by atoms with Crippen LogP contribution in [-0.2, 0) is 7.05 Å². The molecule has 0 amide bonds. The summed E-state index contributed by atoms with van der Waals surface area (Å²) in [5, 5.41) is 14.1. The minimum absolute atomic E-state index is 0.525. The number of nitrogens with zero attached hydrogens (tertiary/aromatic N) is 1. The lowest BCUT2D eigenvalue weighted by atomic mass is 10.1. The van der Waals surface area contributed by atoms with E-state index in [1.807, 2.05) is 43.1 Å². The second-order valence-electron chi connectivity index (χ2n) is 4.12.